The van der Waals surface area contributed by atoms with E-state index in [-0.39, 0.29) is 23.3 Å². The van der Waals surface area contributed by atoms with E-state index in [0.717, 1.165) is 29.5 Å². The minimum atomic E-state index is -0.140. The van der Waals surface area contributed by atoms with Gasteiger partial charge in [-0.25, -0.2) is 4.98 Å². The molecule has 4 aromatic rings. The van der Waals surface area contributed by atoms with Crippen LogP contribution >= 0.6 is 11.8 Å². The molecule has 1 aliphatic rings. The SMILES string of the molecule is COc1ccc(CNC(=O)CSc2nc3c(-c4ccccc4)c[nH]c3c(=O)n2C2CC2)cc1OC. The fourth-order valence-electron chi connectivity index (χ4n) is 4.02. The number of H-pyrrole nitrogens is 1. The number of carbonyl (C=O) groups is 1. The first-order valence-electron chi connectivity index (χ1n) is 11.4. The Bertz CT molecular complexity index is 1430. The van der Waals surface area contributed by atoms with Crippen LogP contribution in [0.2, 0.25) is 0 Å². The third-order valence-corrected chi connectivity index (χ3v) is 6.92. The van der Waals surface area contributed by atoms with Crippen molar-refractivity contribution in [3.63, 3.8) is 0 Å². The molecule has 2 aromatic carbocycles. The zero-order valence-electron chi connectivity index (χ0n) is 19.5. The zero-order chi connectivity index (χ0) is 24.4. The zero-order valence-corrected chi connectivity index (χ0v) is 20.4. The van der Waals surface area contributed by atoms with Gasteiger partial charge in [0.15, 0.2) is 16.7 Å². The quantitative estimate of drug-likeness (QED) is 0.270. The summed E-state index contributed by atoms with van der Waals surface area (Å²) >= 11 is 1.29. The van der Waals surface area contributed by atoms with E-state index in [2.05, 4.69) is 10.3 Å². The first-order valence-corrected chi connectivity index (χ1v) is 12.4. The second-order valence-corrected chi connectivity index (χ2v) is 9.29. The largest absolute Gasteiger partial charge is 0.493 e. The maximum atomic E-state index is 13.3. The lowest BCUT2D eigenvalue weighted by molar-refractivity contribution is -0.118. The molecule has 1 fully saturated rings. The fourth-order valence-corrected chi connectivity index (χ4v) is 4.91. The smallest absolute Gasteiger partial charge is 0.278 e. The van der Waals surface area contributed by atoms with Gasteiger partial charge in [-0.05, 0) is 36.1 Å². The number of hydrogen-bond acceptors (Lipinski definition) is 6. The van der Waals surface area contributed by atoms with Crippen molar-refractivity contribution in [1.29, 1.82) is 0 Å². The summed E-state index contributed by atoms with van der Waals surface area (Å²) in [5.74, 6) is 1.26. The maximum absolute atomic E-state index is 13.3. The van der Waals surface area contributed by atoms with Crippen molar-refractivity contribution >= 4 is 28.7 Å². The lowest BCUT2D eigenvalue weighted by Gasteiger charge is -2.12. The normalized spacial score (nSPS) is 13.1. The Kier molecular flexibility index (Phi) is 6.50. The predicted octanol–water partition coefficient (Wildman–Crippen LogP) is 4.15. The van der Waals surface area contributed by atoms with Gasteiger partial charge in [0.1, 0.15) is 11.0 Å². The molecule has 35 heavy (non-hydrogen) atoms. The van der Waals surface area contributed by atoms with E-state index >= 15 is 0 Å². The van der Waals surface area contributed by atoms with E-state index in [9.17, 15) is 9.59 Å². The molecule has 5 rings (SSSR count). The fraction of sp³-hybridized carbons (Fsp3) is 0.269. The van der Waals surface area contributed by atoms with Crippen molar-refractivity contribution in [2.24, 2.45) is 0 Å². The number of methoxy groups -OCH3 is 2. The van der Waals surface area contributed by atoms with Crippen molar-refractivity contribution < 1.29 is 14.3 Å². The number of rotatable bonds is 9. The lowest BCUT2D eigenvalue weighted by atomic mass is 10.1. The molecule has 0 atom stereocenters. The molecule has 1 amide bonds. The molecule has 0 radical (unpaired) electrons. The Labute approximate surface area is 206 Å². The molecule has 180 valence electrons. The average Bonchev–Trinajstić information content (AvgIpc) is 3.64. The van der Waals surface area contributed by atoms with Crippen LogP contribution in [0.4, 0.5) is 0 Å². The van der Waals surface area contributed by atoms with Crippen LogP contribution in [0, 0.1) is 0 Å². The second kappa shape index (κ2) is 9.87. The number of hydrogen-bond donors (Lipinski definition) is 2. The molecule has 1 aliphatic carbocycles. The van der Waals surface area contributed by atoms with Gasteiger partial charge in [0, 0.05) is 24.3 Å². The molecular weight excluding hydrogens is 464 g/mol. The minimum absolute atomic E-state index is 0.0899. The minimum Gasteiger partial charge on any atom is -0.493 e. The van der Waals surface area contributed by atoms with Crippen LogP contribution < -0.4 is 20.3 Å². The molecule has 1 saturated carbocycles. The highest BCUT2D eigenvalue weighted by Gasteiger charge is 2.29. The molecule has 0 aliphatic heterocycles. The number of aromatic amines is 1. The predicted molar refractivity (Wildman–Crippen MR) is 136 cm³/mol. The van der Waals surface area contributed by atoms with Gasteiger partial charge < -0.3 is 19.8 Å². The molecule has 2 heterocycles. The van der Waals surface area contributed by atoms with Crippen LogP contribution in [0.5, 0.6) is 11.5 Å². The van der Waals surface area contributed by atoms with Gasteiger partial charge in [0.05, 0.1) is 20.0 Å². The number of amides is 1. The van der Waals surface area contributed by atoms with E-state index in [0.29, 0.717) is 34.2 Å². The van der Waals surface area contributed by atoms with Crippen LogP contribution in [-0.2, 0) is 11.3 Å². The second-order valence-electron chi connectivity index (χ2n) is 8.35. The first-order chi connectivity index (χ1) is 17.1. The Morgan fingerprint density at radius 2 is 1.91 bits per heavy atom. The summed E-state index contributed by atoms with van der Waals surface area (Å²) in [5.41, 5.74) is 3.80. The summed E-state index contributed by atoms with van der Waals surface area (Å²) in [6.45, 7) is 0.359. The van der Waals surface area contributed by atoms with Gasteiger partial charge in [0.2, 0.25) is 5.91 Å². The molecule has 0 bridgehead atoms. The average molecular weight is 491 g/mol. The number of nitrogens with one attached hydrogen (secondary N) is 2. The Hall–Kier alpha value is -3.72. The Balaban J connectivity index is 1.34. The number of fused-ring (bicyclic) bond motifs is 1. The number of ether oxygens (including phenoxy) is 2. The van der Waals surface area contributed by atoms with Gasteiger partial charge in [-0.1, -0.05) is 48.2 Å². The van der Waals surface area contributed by atoms with E-state index in [4.69, 9.17) is 14.5 Å². The highest BCUT2D eigenvalue weighted by Crippen LogP contribution is 2.37. The molecular formula is C26H26N4O4S. The Morgan fingerprint density at radius 1 is 1.14 bits per heavy atom. The van der Waals surface area contributed by atoms with Crippen molar-refractivity contribution in [2.75, 3.05) is 20.0 Å². The van der Waals surface area contributed by atoms with E-state index in [1.54, 1.807) is 18.8 Å². The summed E-state index contributed by atoms with van der Waals surface area (Å²) in [5, 5.41) is 3.50. The molecule has 8 nitrogen and oxygen atoms in total. The number of thioether (sulfide) groups is 1. The van der Waals surface area contributed by atoms with Gasteiger partial charge in [0.25, 0.3) is 5.56 Å². The number of nitrogens with zero attached hydrogens (tertiary/aromatic N) is 2. The molecule has 2 aromatic heterocycles. The van der Waals surface area contributed by atoms with Gasteiger partial charge in [-0.2, -0.15) is 0 Å². The highest BCUT2D eigenvalue weighted by atomic mass is 32.2. The van der Waals surface area contributed by atoms with Crippen LogP contribution in [0.1, 0.15) is 24.4 Å². The third-order valence-electron chi connectivity index (χ3n) is 5.97. The van der Waals surface area contributed by atoms with Crippen LogP contribution in [0.15, 0.2) is 64.7 Å². The van der Waals surface area contributed by atoms with Crippen molar-refractivity contribution in [3.8, 4) is 22.6 Å². The monoisotopic (exact) mass is 490 g/mol. The molecule has 0 spiro atoms. The highest BCUT2D eigenvalue weighted by molar-refractivity contribution is 7.99. The van der Waals surface area contributed by atoms with Gasteiger partial charge in [-0.15, -0.1) is 0 Å². The number of benzene rings is 2. The number of carbonyl (C=O) groups excluding carboxylic acids is 1. The lowest BCUT2D eigenvalue weighted by Crippen LogP contribution is -2.26. The summed E-state index contributed by atoms with van der Waals surface area (Å²) in [6, 6.07) is 15.5. The molecule has 9 heteroatoms. The first kappa shape index (κ1) is 23.0. The van der Waals surface area contributed by atoms with Crippen LogP contribution in [-0.4, -0.2) is 40.4 Å². The van der Waals surface area contributed by atoms with Gasteiger partial charge in [-0.3, -0.25) is 14.2 Å². The summed E-state index contributed by atoms with van der Waals surface area (Å²) < 4.78 is 12.3. The van der Waals surface area contributed by atoms with Crippen molar-refractivity contribution in [3.05, 3.63) is 70.6 Å². The Morgan fingerprint density at radius 3 is 2.63 bits per heavy atom. The van der Waals surface area contributed by atoms with Crippen LogP contribution in [0.25, 0.3) is 22.2 Å². The summed E-state index contributed by atoms with van der Waals surface area (Å²) in [7, 11) is 3.16. The van der Waals surface area contributed by atoms with Crippen molar-refractivity contribution in [2.45, 2.75) is 30.6 Å². The maximum Gasteiger partial charge on any atom is 0.278 e. The van der Waals surface area contributed by atoms with Gasteiger partial charge >= 0.3 is 0 Å². The van der Waals surface area contributed by atoms with E-state index in [1.165, 1.54) is 11.8 Å². The summed E-state index contributed by atoms with van der Waals surface area (Å²) in [6.07, 6.45) is 3.72. The number of aromatic nitrogens is 3. The van der Waals surface area contributed by atoms with Crippen LogP contribution in [0.3, 0.4) is 0 Å². The molecule has 2 N–H and O–H groups in total. The van der Waals surface area contributed by atoms with Crippen molar-refractivity contribution in [1.82, 2.24) is 19.9 Å². The molecule has 0 unspecified atom stereocenters. The van der Waals surface area contributed by atoms with E-state index in [1.807, 2.05) is 54.7 Å². The standard InChI is InChI=1S/C26H26N4O4S/c1-33-20-11-8-16(12-21(20)34-2)13-27-22(31)15-35-26-29-23-19(17-6-4-3-5-7-17)14-28-24(23)25(32)30(26)18-9-10-18/h3-8,11-12,14,18,28H,9-10,13,15H2,1-2H3,(H,27,31). The third kappa shape index (κ3) is 4.77. The van der Waals surface area contributed by atoms with E-state index < -0.39 is 0 Å². The summed E-state index contributed by atoms with van der Waals surface area (Å²) in [4.78, 5) is 33.9. The topological polar surface area (TPSA) is 98.2 Å². The molecule has 0 saturated heterocycles.